The third-order valence-electron chi connectivity index (χ3n) is 4.54. The predicted molar refractivity (Wildman–Crippen MR) is 116 cm³/mol. The fourth-order valence-electron chi connectivity index (χ4n) is 3.09. The van der Waals surface area contributed by atoms with Gasteiger partial charge in [0.2, 0.25) is 0 Å². The molecule has 9 nitrogen and oxygen atoms in total. The second-order valence-corrected chi connectivity index (χ2v) is 8.39. The standard InChI is InChI=1S/C21H13F2N3O6S/c22-16-2-1-3-17(23)21(16)33(30,31)25-13-6-4-12(5-7-13)24-18-11-20(27)32-19-9-8-14(26(28)29)10-15(18)19/h1-11,24-25H. The summed E-state index contributed by atoms with van der Waals surface area (Å²) in [7, 11) is -4.53. The molecule has 0 atom stereocenters. The predicted octanol–water partition coefficient (Wildman–Crippen LogP) is 4.52. The van der Waals surface area contributed by atoms with Crippen molar-refractivity contribution in [3.63, 3.8) is 0 Å². The highest BCUT2D eigenvalue weighted by Crippen LogP contribution is 2.29. The van der Waals surface area contributed by atoms with Crippen molar-refractivity contribution in [3.8, 4) is 0 Å². The van der Waals surface area contributed by atoms with E-state index in [0.29, 0.717) is 5.69 Å². The third kappa shape index (κ3) is 4.50. The molecule has 0 aliphatic heterocycles. The molecule has 2 N–H and O–H groups in total. The Kier molecular flexibility index (Phi) is 5.52. The van der Waals surface area contributed by atoms with Crippen LogP contribution in [0.15, 0.2) is 80.8 Å². The zero-order valence-electron chi connectivity index (χ0n) is 16.4. The number of nitro benzene ring substituents is 1. The number of halogens is 2. The van der Waals surface area contributed by atoms with Gasteiger partial charge in [-0.25, -0.2) is 22.0 Å². The molecule has 0 saturated heterocycles. The first kappa shape index (κ1) is 21.9. The first-order chi connectivity index (χ1) is 15.6. The summed E-state index contributed by atoms with van der Waals surface area (Å²) in [6.07, 6.45) is 0. The molecule has 4 rings (SSSR count). The maximum Gasteiger partial charge on any atom is 0.338 e. The van der Waals surface area contributed by atoms with E-state index in [2.05, 4.69) is 10.0 Å². The van der Waals surface area contributed by atoms with Gasteiger partial charge in [-0.15, -0.1) is 0 Å². The second-order valence-electron chi connectivity index (χ2n) is 6.78. The molecule has 0 amide bonds. The molecule has 0 spiro atoms. The number of non-ortho nitro benzene ring substituents is 1. The monoisotopic (exact) mass is 473 g/mol. The normalized spacial score (nSPS) is 11.3. The molecule has 12 heteroatoms. The van der Waals surface area contributed by atoms with Crippen molar-refractivity contribution >= 4 is 43.7 Å². The Bertz CT molecular complexity index is 1530. The molecule has 0 bridgehead atoms. The van der Waals surface area contributed by atoms with Crippen molar-refractivity contribution in [2.24, 2.45) is 0 Å². The van der Waals surface area contributed by atoms with Crippen molar-refractivity contribution in [2.45, 2.75) is 4.90 Å². The van der Waals surface area contributed by atoms with Crippen molar-refractivity contribution in [1.29, 1.82) is 0 Å². The van der Waals surface area contributed by atoms with Gasteiger partial charge in [-0.2, -0.15) is 0 Å². The molecule has 168 valence electrons. The topological polar surface area (TPSA) is 132 Å². The van der Waals surface area contributed by atoms with E-state index in [9.17, 15) is 32.1 Å². The fraction of sp³-hybridized carbons (Fsp3) is 0. The minimum absolute atomic E-state index is 0.0243. The molecule has 0 fully saturated rings. The highest BCUT2D eigenvalue weighted by Gasteiger charge is 2.23. The molecule has 0 unspecified atom stereocenters. The highest BCUT2D eigenvalue weighted by atomic mass is 32.2. The average Bonchev–Trinajstić information content (AvgIpc) is 2.74. The first-order valence-corrected chi connectivity index (χ1v) is 10.7. The number of hydrogen-bond donors (Lipinski definition) is 2. The van der Waals surface area contributed by atoms with Crippen molar-refractivity contribution in [1.82, 2.24) is 0 Å². The Hall–Kier alpha value is -4.32. The summed E-state index contributed by atoms with van der Waals surface area (Å²) in [6, 6.07) is 13.1. The Morgan fingerprint density at radius 1 is 0.909 bits per heavy atom. The molecule has 3 aromatic carbocycles. The largest absolute Gasteiger partial charge is 0.423 e. The maximum atomic E-state index is 13.8. The number of sulfonamides is 1. The number of rotatable bonds is 6. The van der Waals surface area contributed by atoms with E-state index in [-0.39, 0.29) is 28.0 Å². The quantitative estimate of drug-likeness (QED) is 0.239. The summed E-state index contributed by atoms with van der Waals surface area (Å²) in [4.78, 5) is 21.2. The molecular weight excluding hydrogens is 460 g/mol. The SMILES string of the molecule is O=c1cc(Nc2ccc(NS(=O)(=O)c3c(F)cccc3F)cc2)c2cc([N+](=O)[O-])ccc2o1. The minimum Gasteiger partial charge on any atom is -0.423 e. The van der Waals surface area contributed by atoms with Gasteiger partial charge in [-0.05, 0) is 42.5 Å². The summed E-state index contributed by atoms with van der Waals surface area (Å²) in [6.45, 7) is 0. The van der Waals surface area contributed by atoms with Crippen LogP contribution >= 0.6 is 0 Å². The number of nitrogens with one attached hydrogen (secondary N) is 2. The summed E-state index contributed by atoms with van der Waals surface area (Å²) < 4.78 is 59.6. The lowest BCUT2D eigenvalue weighted by Crippen LogP contribution is -2.16. The number of hydrogen-bond acceptors (Lipinski definition) is 7. The number of anilines is 3. The molecule has 4 aromatic rings. The average molecular weight is 473 g/mol. The zero-order chi connectivity index (χ0) is 23.8. The lowest BCUT2D eigenvalue weighted by Gasteiger charge is -2.12. The zero-order valence-corrected chi connectivity index (χ0v) is 17.2. The van der Waals surface area contributed by atoms with Crippen molar-refractivity contribution < 1.29 is 26.5 Å². The van der Waals surface area contributed by atoms with Gasteiger partial charge in [0.1, 0.15) is 17.2 Å². The van der Waals surface area contributed by atoms with Crippen molar-refractivity contribution in [3.05, 3.63) is 98.9 Å². The summed E-state index contributed by atoms with van der Waals surface area (Å²) in [5, 5.41) is 14.3. The van der Waals surface area contributed by atoms with Gasteiger partial charge < -0.3 is 9.73 Å². The maximum absolute atomic E-state index is 13.8. The van der Waals surface area contributed by atoms with E-state index in [1.54, 1.807) is 0 Å². The molecule has 33 heavy (non-hydrogen) atoms. The summed E-state index contributed by atoms with van der Waals surface area (Å²) in [5.74, 6) is -2.46. The van der Waals surface area contributed by atoms with E-state index >= 15 is 0 Å². The Balaban J connectivity index is 1.62. The number of benzene rings is 3. The Labute approximate surface area is 184 Å². The lowest BCUT2D eigenvalue weighted by atomic mass is 10.1. The van der Waals surface area contributed by atoms with E-state index < -0.39 is 37.1 Å². The molecule has 0 radical (unpaired) electrons. The van der Waals surface area contributed by atoms with Gasteiger partial charge in [0.05, 0.1) is 10.6 Å². The fourth-order valence-corrected chi connectivity index (χ4v) is 4.29. The van der Waals surface area contributed by atoms with Crippen LogP contribution in [0.1, 0.15) is 0 Å². The molecule has 0 saturated carbocycles. The molecule has 1 heterocycles. The second kappa shape index (κ2) is 8.31. The Morgan fingerprint density at radius 2 is 1.55 bits per heavy atom. The van der Waals surface area contributed by atoms with Gasteiger partial charge >= 0.3 is 5.63 Å². The van der Waals surface area contributed by atoms with Gasteiger partial charge in [-0.1, -0.05) is 6.07 Å². The molecule has 0 aliphatic rings. The van der Waals surface area contributed by atoms with Crippen molar-refractivity contribution in [2.75, 3.05) is 10.0 Å². The molecule has 0 aliphatic carbocycles. The first-order valence-electron chi connectivity index (χ1n) is 9.20. The van der Waals surface area contributed by atoms with Gasteiger partial charge in [0.15, 0.2) is 4.90 Å². The van der Waals surface area contributed by atoms with E-state index in [0.717, 1.165) is 24.3 Å². The van der Waals surface area contributed by atoms with Gasteiger partial charge in [0.25, 0.3) is 15.7 Å². The van der Waals surface area contributed by atoms with Crippen LogP contribution in [0.25, 0.3) is 11.0 Å². The highest BCUT2D eigenvalue weighted by molar-refractivity contribution is 7.92. The van der Waals surface area contributed by atoms with Crippen LogP contribution in [-0.4, -0.2) is 13.3 Å². The van der Waals surface area contributed by atoms with E-state index in [4.69, 9.17) is 4.42 Å². The summed E-state index contributed by atoms with van der Waals surface area (Å²) in [5.41, 5.74) is -0.108. The summed E-state index contributed by atoms with van der Waals surface area (Å²) >= 11 is 0. The van der Waals surface area contributed by atoms with Gasteiger partial charge in [-0.3, -0.25) is 14.8 Å². The molecule has 1 aromatic heterocycles. The number of fused-ring (bicyclic) bond motifs is 1. The van der Waals surface area contributed by atoms with Crippen LogP contribution in [0.3, 0.4) is 0 Å². The van der Waals surface area contributed by atoms with Crippen LogP contribution in [0, 0.1) is 21.7 Å². The third-order valence-corrected chi connectivity index (χ3v) is 5.97. The van der Waals surface area contributed by atoms with Crippen LogP contribution in [0.2, 0.25) is 0 Å². The lowest BCUT2D eigenvalue weighted by molar-refractivity contribution is -0.384. The van der Waals surface area contributed by atoms with E-state index in [1.807, 2.05) is 0 Å². The van der Waals surface area contributed by atoms with Crippen LogP contribution in [-0.2, 0) is 10.0 Å². The van der Waals surface area contributed by atoms with E-state index in [1.165, 1.54) is 42.5 Å². The minimum atomic E-state index is -4.53. The van der Waals surface area contributed by atoms with Crippen LogP contribution in [0.4, 0.5) is 31.5 Å². The number of nitrogens with zero attached hydrogens (tertiary/aromatic N) is 1. The molecular formula is C21H13F2N3O6S. The Morgan fingerprint density at radius 3 is 2.18 bits per heavy atom. The number of nitro groups is 1. The van der Waals surface area contributed by atoms with Crippen LogP contribution < -0.4 is 15.7 Å². The smallest absolute Gasteiger partial charge is 0.338 e. The van der Waals surface area contributed by atoms with Gasteiger partial charge in [0, 0.05) is 35.0 Å². The van der Waals surface area contributed by atoms with Crippen LogP contribution in [0.5, 0.6) is 0 Å².